The first-order valence-corrected chi connectivity index (χ1v) is 10.1. The predicted molar refractivity (Wildman–Crippen MR) is 115 cm³/mol. The fourth-order valence-electron chi connectivity index (χ4n) is 2.73. The number of thioether (sulfide) groups is 1. The zero-order valence-electron chi connectivity index (χ0n) is 16.0. The molecular formula is C20H22ClN5OS. The number of nitrogens with zero attached hydrogens (tertiary/aromatic N) is 4. The molecule has 1 amide bonds. The van der Waals surface area contributed by atoms with E-state index in [4.69, 9.17) is 11.6 Å². The minimum absolute atomic E-state index is 0.123. The molecule has 0 atom stereocenters. The Hall–Kier alpha value is -2.51. The molecule has 0 spiro atoms. The van der Waals surface area contributed by atoms with E-state index in [2.05, 4.69) is 27.6 Å². The van der Waals surface area contributed by atoms with Gasteiger partial charge in [0.1, 0.15) is 5.82 Å². The van der Waals surface area contributed by atoms with Crippen molar-refractivity contribution in [2.75, 3.05) is 30.1 Å². The second kappa shape index (κ2) is 9.12. The van der Waals surface area contributed by atoms with Crippen LogP contribution in [0.3, 0.4) is 0 Å². The number of nitrogens with one attached hydrogen (secondary N) is 1. The van der Waals surface area contributed by atoms with Crippen LogP contribution in [0.5, 0.6) is 0 Å². The number of halogens is 1. The lowest BCUT2D eigenvalue weighted by molar-refractivity contribution is -0.113. The quantitative estimate of drug-likeness (QED) is 0.589. The van der Waals surface area contributed by atoms with Crippen LogP contribution < -0.4 is 10.2 Å². The summed E-state index contributed by atoms with van der Waals surface area (Å²) >= 11 is 7.45. The smallest absolute Gasteiger partial charge is 0.234 e. The van der Waals surface area contributed by atoms with E-state index in [0.29, 0.717) is 17.3 Å². The van der Waals surface area contributed by atoms with Crippen LogP contribution in [0.2, 0.25) is 5.02 Å². The highest BCUT2D eigenvalue weighted by Gasteiger charge is 2.14. The summed E-state index contributed by atoms with van der Waals surface area (Å²) in [7, 11) is 3.84. The average Bonchev–Trinajstić information content (AvgIpc) is 3.00. The van der Waals surface area contributed by atoms with Crippen LogP contribution in [-0.4, -0.2) is 40.5 Å². The van der Waals surface area contributed by atoms with Crippen molar-refractivity contribution in [3.05, 3.63) is 64.9 Å². The molecule has 2 aromatic carbocycles. The SMILES string of the molecule is Cc1nnc(SCC(=O)Nc2cc(Cl)ccc2N(C)C)n1Cc1ccccc1. The average molecular weight is 416 g/mol. The van der Waals surface area contributed by atoms with Crippen molar-refractivity contribution in [3.8, 4) is 0 Å². The number of aryl methyl sites for hydroxylation is 1. The maximum Gasteiger partial charge on any atom is 0.234 e. The van der Waals surface area contributed by atoms with Crippen LogP contribution in [0.25, 0.3) is 0 Å². The number of anilines is 2. The van der Waals surface area contributed by atoms with E-state index in [9.17, 15) is 4.79 Å². The summed E-state index contributed by atoms with van der Waals surface area (Å²) in [6.45, 7) is 2.58. The van der Waals surface area contributed by atoms with Crippen LogP contribution in [0.4, 0.5) is 11.4 Å². The van der Waals surface area contributed by atoms with E-state index >= 15 is 0 Å². The van der Waals surface area contributed by atoms with Gasteiger partial charge in [0, 0.05) is 19.1 Å². The molecule has 1 N–H and O–H groups in total. The highest BCUT2D eigenvalue weighted by molar-refractivity contribution is 7.99. The first-order valence-electron chi connectivity index (χ1n) is 8.77. The van der Waals surface area contributed by atoms with Crippen LogP contribution in [0.15, 0.2) is 53.7 Å². The van der Waals surface area contributed by atoms with Gasteiger partial charge in [-0.05, 0) is 30.7 Å². The predicted octanol–water partition coefficient (Wildman–Crippen LogP) is 4.09. The number of benzene rings is 2. The summed E-state index contributed by atoms with van der Waals surface area (Å²) < 4.78 is 2.01. The normalized spacial score (nSPS) is 10.7. The van der Waals surface area contributed by atoms with E-state index in [1.54, 1.807) is 12.1 Å². The van der Waals surface area contributed by atoms with Gasteiger partial charge in [-0.25, -0.2) is 0 Å². The molecule has 3 rings (SSSR count). The minimum Gasteiger partial charge on any atom is -0.376 e. The molecule has 28 heavy (non-hydrogen) atoms. The van der Waals surface area contributed by atoms with Gasteiger partial charge in [-0.2, -0.15) is 0 Å². The molecule has 1 heterocycles. The summed E-state index contributed by atoms with van der Waals surface area (Å²) in [6.07, 6.45) is 0. The molecule has 0 saturated carbocycles. The molecule has 146 valence electrons. The third-order valence-corrected chi connectivity index (χ3v) is 5.33. The topological polar surface area (TPSA) is 63.1 Å². The Labute approximate surface area is 173 Å². The number of carbonyl (C=O) groups excluding carboxylic acids is 1. The molecule has 0 aliphatic heterocycles. The van der Waals surface area contributed by atoms with Gasteiger partial charge < -0.3 is 14.8 Å². The Morgan fingerprint density at radius 2 is 1.93 bits per heavy atom. The third-order valence-electron chi connectivity index (χ3n) is 4.13. The van der Waals surface area contributed by atoms with E-state index in [0.717, 1.165) is 22.2 Å². The Morgan fingerprint density at radius 1 is 1.18 bits per heavy atom. The molecule has 0 fully saturated rings. The summed E-state index contributed by atoms with van der Waals surface area (Å²) in [5.41, 5.74) is 2.74. The Morgan fingerprint density at radius 3 is 2.64 bits per heavy atom. The van der Waals surface area contributed by atoms with Gasteiger partial charge in [0.05, 0.1) is 23.7 Å². The molecule has 1 aromatic heterocycles. The summed E-state index contributed by atoms with van der Waals surface area (Å²) in [5.74, 6) is 0.922. The molecule has 0 saturated heterocycles. The molecule has 0 aliphatic carbocycles. The largest absolute Gasteiger partial charge is 0.376 e. The van der Waals surface area contributed by atoms with Crippen LogP contribution in [0, 0.1) is 6.92 Å². The molecule has 8 heteroatoms. The molecule has 0 radical (unpaired) electrons. The van der Waals surface area contributed by atoms with Gasteiger partial charge >= 0.3 is 0 Å². The summed E-state index contributed by atoms with van der Waals surface area (Å²) in [6, 6.07) is 15.5. The number of hydrogen-bond acceptors (Lipinski definition) is 5. The van der Waals surface area contributed by atoms with Gasteiger partial charge in [0.2, 0.25) is 5.91 Å². The molecule has 0 bridgehead atoms. The highest BCUT2D eigenvalue weighted by atomic mass is 35.5. The fraction of sp³-hybridized carbons (Fsp3) is 0.250. The number of carbonyl (C=O) groups is 1. The second-order valence-electron chi connectivity index (χ2n) is 6.49. The number of amides is 1. The Kier molecular flexibility index (Phi) is 6.59. The number of hydrogen-bond donors (Lipinski definition) is 1. The van der Waals surface area contributed by atoms with E-state index in [1.807, 2.05) is 54.8 Å². The van der Waals surface area contributed by atoms with E-state index < -0.39 is 0 Å². The van der Waals surface area contributed by atoms with Crippen LogP contribution in [0.1, 0.15) is 11.4 Å². The molecule has 6 nitrogen and oxygen atoms in total. The summed E-state index contributed by atoms with van der Waals surface area (Å²) in [5, 5.41) is 12.6. The van der Waals surface area contributed by atoms with Crippen molar-refractivity contribution < 1.29 is 4.79 Å². The summed E-state index contributed by atoms with van der Waals surface area (Å²) in [4.78, 5) is 14.4. The van der Waals surface area contributed by atoms with Crippen molar-refractivity contribution in [1.82, 2.24) is 14.8 Å². The molecule has 0 aliphatic rings. The van der Waals surface area contributed by atoms with Crippen molar-refractivity contribution >= 4 is 40.6 Å². The zero-order valence-corrected chi connectivity index (χ0v) is 17.6. The molecule has 0 unspecified atom stereocenters. The Bertz CT molecular complexity index is 958. The maximum atomic E-state index is 12.5. The van der Waals surface area contributed by atoms with E-state index in [-0.39, 0.29) is 11.7 Å². The maximum absolute atomic E-state index is 12.5. The fourth-order valence-corrected chi connectivity index (χ4v) is 3.69. The van der Waals surface area contributed by atoms with Gasteiger partial charge in [-0.1, -0.05) is 53.7 Å². The zero-order chi connectivity index (χ0) is 20.1. The lowest BCUT2D eigenvalue weighted by Gasteiger charge is -2.18. The first kappa shape index (κ1) is 20.2. The lowest BCUT2D eigenvalue weighted by Crippen LogP contribution is -2.18. The minimum atomic E-state index is -0.123. The molecular weight excluding hydrogens is 394 g/mol. The van der Waals surface area contributed by atoms with Gasteiger partial charge in [-0.15, -0.1) is 10.2 Å². The van der Waals surface area contributed by atoms with Crippen molar-refractivity contribution in [1.29, 1.82) is 0 Å². The van der Waals surface area contributed by atoms with Crippen LogP contribution in [-0.2, 0) is 11.3 Å². The Balaban J connectivity index is 1.67. The van der Waals surface area contributed by atoms with Gasteiger partial charge in [-0.3, -0.25) is 4.79 Å². The number of aromatic nitrogens is 3. The number of rotatable bonds is 7. The second-order valence-corrected chi connectivity index (χ2v) is 7.87. The third kappa shape index (κ3) is 5.05. The standard InChI is InChI=1S/C20H22ClN5OS/c1-14-23-24-20(26(14)12-15-7-5-4-6-8-15)28-13-19(27)22-17-11-16(21)9-10-18(17)25(2)3/h4-11H,12-13H2,1-3H3,(H,22,27). The lowest BCUT2D eigenvalue weighted by atomic mass is 10.2. The van der Waals surface area contributed by atoms with Crippen molar-refractivity contribution in [2.45, 2.75) is 18.6 Å². The monoisotopic (exact) mass is 415 g/mol. The van der Waals surface area contributed by atoms with Crippen molar-refractivity contribution in [3.63, 3.8) is 0 Å². The van der Waals surface area contributed by atoms with Crippen LogP contribution >= 0.6 is 23.4 Å². The van der Waals surface area contributed by atoms with Crippen molar-refractivity contribution in [2.24, 2.45) is 0 Å². The highest BCUT2D eigenvalue weighted by Crippen LogP contribution is 2.28. The van der Waals surface area contributed by atoms with Gasteiger partial charge in [0.15, 0.2) is 5.16 Å². The van der Waals surface area contributed by atoms with E-state index in [1.165, 1.54) is 11.8 Å². The van der Waals surface area contributed by atoms with Gasteiger partial charge in [0.25, 0.3) is 0 Å². The first-order chi connectivity index (χ1) is 13.4. The molecule has 3 aromatic rings.